The number of hydrogen-bond acceptors (Lipinski definition) is 4. The van der Waals surface area contributed by atoms with E-state index < -0.39 is 15.8 Å². The minimum atomic E-state index is -2.91. The van der Waals surface area contributed by atoms with Crippen LogP contribution in [-0.4, -0.2) is 56.0 Å². The van der Waals surface area contributed by atoms with E-state index in [0.717, 1.165) is 0 Å². The first kappa shape index (κ1) is 14.4. The van der Waals surface area contributed by atoms with Gasteiger partial charge in [-0.2, -0.15) is 0 Å². The van der Waals surface area contributed by atoms with E-state index in [9.17, 15) is 13.2 Å². The monoisotopic (exact) mass is 237 g/mol. The van der Waals surface area contributed by atoms with Gasteiger partial charge in [0.2, 0.25) is 0 Å². The minimum absolute atomic E-state index is 0.130. The molecule has 0 aromatic carbocycles. The molecule has 0 spiro atoms. The van der Waals surface area contributed by atoms with Crippen molar-refractivity contribution < 1.29 is 18.3 Å². The summed E-state index contributed by atoms with van der Waals surface area (Å²) >= 11 is 0. The molecule has 0 aromatic rings. The minimum Gasteiger partial charge on any atom is -0.481 e. The molecule has 0 amide bonds. The smallest absolute Gasteiger partial charge is 0.303 e. The zero-order chi connectivity index (χ0) is 11.9. The van der Waals surface area contributed by atoms with E-state index in [1.165, 1.54) is 0 Å². The Labute approximate surface area is 91.0 Å². The van der Waals surface area contributed by atoms with Crippen LogP contribution < -0.4 is 0 Å². The predicted octanol–water partition coefficient (Wildman–Crippen LogP) is 0.218. The van der Waals surface area contributed by atoms with Crippen LogP contribution in [0.15, 0.2) is 0 Å². The molecule has 0 saturated heterocycles. The number of carboxylic acids is 1. The molecule has 1 N–H and O–H groups in total. The molecule has 0 saturated carbocycles. The van der Waals surface area contributed by atoms with Gasteiger partial charge in [0.05, 0.1) is 5.75 Å². The summed E-state index contributed by atoms with van der Waals surface area (Å²) < 4.78 is 22.3. The van der Waals surface area contributed by atoms with E-state index in [2.05, 4.69) is 0 Å². The van der Waals surface area contributed by atoms with E-state index in [1.54, 1.807) is 14.0 Å². The van der Waals surface area contributed by atoms with Crippen molar-refractivity contribution in [3.8, 4) is 0 Å². The van der Waals surface area contributed by atoms with Gasteiger partial charge < -0.3 is 10.0 Å². The molecule has 0 unspecified atom stereocenters. The van der Waals surface area contributed by atoms with Gasteiger partial charge in [0.25, 0.3) is 0 Å². The van der Waals surface area contributed by atoms with Crippen molar-refractivity contribution in [1.29, 1.82) is 0 Å². The fourth-order valence-electron chi connectivity index (χ4n) is 1.05. The van der Waals surface area contributed by atoms with Crippen LogP contribution in [0.5, 0.6) is 0 Å². The van der Waals surface area contributed by atoms with Gasteiger partial charge in [0.15, 0.2) is 9.84 Å². The lowest BCUT2D eigenvalue weighted by molar-refractivity contribution is -0.137. The molecular formula is C9H19NO4S. The zero-order valence-corrected chi connectivity index (χ0v) is 10.1. The van der Waals surface area contributed by atoms with Crippen LogP contribution in [0.1, 0.15) is 19.8 Å². The van der Waals surface area contributed by atoms with Gasteiger partial charge in [-0.15, -0.1) is 0 Å². The molecule has 0 bridgehead atoms. The Balaban J connectivity index is 3.66. The van der Waals surface area contributed by atoms with Gasteiger partial charge in [-0.1, -0.05) is 6.92 Å². The van der Waals surface area contributed by atoms with Crippen LogP contribution in [0.4, 0.5) is 0 Å². The van der Waals surface area contributed by atoms with Crippen molar-refractivity contribution in [1.82, 2.24) is 4.90 Å². The number of sulfone groups is 1. The highest BCUT2D eigenvalue weighted by Crippen LogP contribution is 1.95. The van der Waals surface area contributed by atoms with Gasteiger partial charge >= 0.3 is 5.97 Å². The van der Waals surface area contributed by atoms with Crippen LogP contribution in [0, 0.1) is 0 Å². The van der Waals surface area contributed by atoms with Crippen molar-refractivity contribution >= 4 is 15.8 Å². The Bertz CT molecular complexity index is 286. The first-order valence-electron chi connectivity index (χ1n) is 4.98. The Morgan fingerprint density at radius 2 is 1.93 bits per heavy atom. The zero-order valence-electron chi connectivity index (χ0n) is 9.27. The molecule has 0 fully saturated rings. The Hall–Kier alpha value is -0.620. The Morgan fingerprint density at radius 3 is 2.40 bits per heavy atom. The quantitative estimate of drug-likeness (QED) is 0.653. The van der Waals surface area contributed by atoms with E-state index in [4.69, 9.17) is 5.11 Å². The summed E-state index contributed by atoms with van der Waals surface area (Å²) in [6, 6.07) is 0. The van der Waals surface area contributed by atoms with Crippen LogP contribution in [0.3, 0.4) is 0 Å². The van der Waals surface area contributed by atoms with Crippen molar-refractivity contribution in [2.45, 2.75) is 19.8 Å². The number of aliphatic carboxylic acids is 1. The van der Waals surface area contributed by atoms with Crippen molar-refractivity contribution in [3.05, 3.63) is 0 Å². The summed E-state index contributed by atoms with van der Waals surface area (Å²) in [4.78, 5) is 12.1. The largest absolute Gasteiger partial charge is 0.481 e. The van der Waals surface area contributed by atoms with Gasteiger partial charge in [0, 0.05) is 18.7 Å². The summed E-state index contributed by atoms with van der Waals surface area (Å²) in [7, 11) is -1.12. The predicted molar refractivity (Wildman–Crippen MR) is 58.7 cm³/mol. The molecule has 0 aliphatic heterocycles. The third-order valence-electron chi connectivity index (χ3n) is 2.15. The maximum atomic E-state index is 11.2. The van der Waals surface area contributed by atoms with Crippen molar-refractivity contribution in [3.63, 3.8) is 0 Å². The van der Waals surface area contributed by atoms with E-state index in [1.807, 2.05) is 4.90 Å². The van der Waals surface area contributed by atoms with E-state index in [-0.39, 0.29) is 17.9 Å². The average molecular weight is 237 g/mol. The van der Waals surface area contributed by atoms with Crippen LogP contribution in [0.2, 0.25) is 0 Å². The molecule has 15 heavy (non-hydrogen) atoms. The molecular weight excluding hydrogens is 218 g/mol. The molecule has 0 atom stereocenters. The van der Waals surface area contributed by atoms with Crippen LogP contribution in [-0.2, 0) is 14.6 Å². The maximum Gasteiger partial charge on any atom is 0.303 e. The summed E-state index contributed by atoms with van der Waals surface area (Å²) in [5.74, 6) is -0.507. The summed E-state index contributed by atoms with van der Waals surface area (Å²) in [5, 5.41) is 8.41. The second kappa shape index (κ2) is 6.79. The standard InChI is InChI=1S/C9H19NO4S/c1-3-15(13,14)8-7-10(2)6-4-5-9(11)12/h3-8H2,1-2H3,(H,11,12). The fourth-order valence-corrected chi connectivity index (χ4v) is 1.93. The lowest BCUT2D eigenvalue weighted by atomic mass is 10.3. The summed E-state index contributed by atoms with van der Waals surface area (Å²) in [6.07, 6.45) is 0.683. The summed E-state index contributed by atoms with van der Waals surface area (Å²) in [5.41, 5.74) is 0. The molecule has 0 rings (SSSR count). The second-order valence-corrected chi connectivity index (χ2v) is 6.01. The number of hydrogen-bond donors (Lipinski definition) is 1. The van der Waals surface area contributed by atoms with E-state index in [0.29, 0.717) is 19.5 Å². The highest BCUT2D eigenvalue weighted by Gasteiger charge is 2.09. The number of carboxylic acid groups (broad SMARTS) is 1. The van der Waals surface area contributed by atoms with Gasteiger partial charge in [-0.3, -0.25) is 4.79 Å². The van der Waals surface area contributed by atoms with Crippen molar-refractivity contribution in [2.24, 2.45) is 0 Å². The third-order valence-corrected chi connectivity index (χ3v) is 3.84. The number of nitrogens with zero attached hydrogens (tertiary/aromatic N) is 1. The molecule has 90 valence electrons. The normalized spacial score (nSPS) is 11.9. The number of rotatable bonds is 8. The molecule has 0 aliphatic carbocycles. The summed E-state index contributed by atoms with van der Waals surface area (Å²) in [6.45, 7) is 2.71. The number of carbonyl (C=O) groups is 1. The first-order valence-corrected chi connectivity index (χ1v) is 6.80. The van der Waals surface area contributed by atoms with Crippen LogP contribution in [0.25, 0.3) is 0 Å². The molecule has 0 heterocycles. The van der Waals surface area contributed by atoms with E-state index >= 15 is 0 Å². The Kier molecular flexibility index (Phi) is 6.51. The lowest BCUT2D eigenvalue weighted by Crippen LogP contribution is -2.27. The third kappa shape index (κ3) is 8.38. The molecule has 0 aliphatic rings. The Morgan fingerprint density at radius 1 is 1.33 bits per heavy atom. The molecule has 6 heteroatoms. The van der Waals surface area contributed by atoms with Crippen molar-refractivity contribution in [2.75, 3.05) is 31.6 Å². The highest BCUT2D eigenvalue weighted by atomic mass is 32.2. The highest BCUT2D eigenvalue weighted by molar-refractivity contribution is 7.91. The molecule has 0 radical (unpaired) electrons. The fraction of sp³-hybridized carbons (Fsp3) is 0.889. The van der Waals surface area contributed by atoms with Gasteiger partial charge in [0.1, 0.15) is 0 Å². The average Bonchev–Trinajstić information content (AvgIpc) is 2.14. The molecule has 0 aromatic heterocycles. The maximum absolute atomic E-state index is 11.2. The molecule has 5 nitrogen and oxygen atoms in total. The second-order valence-electron chi connectivity index (χ2n) is 3.54. The SMILES string of the molecule is CCS(=O)(=O)CCN(C)CCCC(=O)O. The first-order chi connectivity index (χ1) is 6.87. The van der Waals surface area contributed by atoms with Gasteiger partial charge in [-0.25, -0.2) is 8.42 Å². The van der Waals surface area contributed by atoms with Gasteiger partial charge in [-0.05, 0) is 20.0 Å². The lowest BCUT2D eigenvalue weighted by Gasteiger charge is -2.15. The topological polar surface area (TPSA) is 74.7 Å². The van der Waals surface area contributed by atoms with Crippen LogP contribution >= 0.6 is 0 Å².